The van der Waals surface area contributed by atoms with E-state index in [4.69, 9.17) is 5.73 Å². The minimum atomic E-state index is -0.523. The van der Waals surface area contributed by atoms with Crippen LogP contribution >= 0.6 is 27.3 Å². The van der Waals surface area contributed by atoms with Crippen LogP contribution in [0.2, 0.25) is 0 Å². The maximum Gasteiger partial charge on any atom is 0.269 e. The van der Waals surface area contributed by atoms with Crippen molar-refractivity contribution in [1.29, 1.82) is 0 Å². The van der Waals surface area contributed by atoms with Crippen LogP contribution in [0.1, 0.15) is 23.0 Å². The highest BCUT2D eigenvalue weighted by Gasteiger charge is 2.17. The van der Waals surface area contributed by atoms with Gasteiger partial charge in [-0.2, -0.15) is 0 Å². The summed E-state index contributed by atoms with van der Waals surface area (Å²) in [6.45, 7) is 2.77. The number of nitrogens with two attached hydrogens (primary N) is 1. The fourth-order valence-corrected chi connectivity index (χ4v) is 2.71. The lowest BCUT2D eigenvalue weighted by molar-refractivity contribution is 0.103. The molecular formula is C13H14BrFN4OS. The molecule has 0 fully saturated rings. The zero-order valence-corrected chi connectivity index (χ0v) is 13.6. The van der Waals surface area contributed by atoms with E-state index in [1.54, 1.807) is 6.07 Å². The minimum Gasteiger partial charge on any atom is -0.382 e. The first-order chi connectivity index (χ1) is 10.0. The largest absolute Gasteiger partial charge is 0.382 e. The molecule has 0 atom stereocenters. The number of anilines is 3. The van der Waals surface area contributed by atoms with E-state index in [9.17, 15) is 9.18 Å². The summed E-state index contributed by atoms with van der Waals surface area (Å²) in [6.07, 6.45) is 0.936. The first-order valence-corrected chi connectivity index (χ1v) is 7.88. The highest BCUT2D eigenvalue weighted by molar-refractivity contribution is 9.10. The Hall–Kier alpha value is -1.67. The van der Waals surface area contributed by atoms with Crippen molar-refractivity contribution in [2.45, 2.75) is 13.3 Å². The summed E-state index contributed by atoms with van der Waals surface area (Å²) in [5.41, 5.74) is 5.82. The molecule has 0 saturated heterocycles. The molecule has 1 aromatic carbocycles. The number of carbonyl (C=O) groups excluding carboxylic acids is 1. The standard InChI is InChI=1S/C13H14BrFN4OS/c1-2-5-17-13-19-11(16)10(21-13)12(20)18-9-4-3-7(14)6-8(9)15/h3-4,6H,2,5,16H2,1H3,(H,17,19)(H,18,20). The van der Waals surface area contributed by atoms with Crippen LogP contribution in [0.15, 0.2) is 22.7 Å². The van der Waals surface area contributed by atoms with Gasteiger partial charge in [-0.1, -0.05) is 34.2 Å². The lowest BCUT2D eigenvalue weighted by atomic mass is 10.3. The first-order valence-electron chi connectivity index (χ1n) is 6.27. The van der Waals surface area contributed by atoms with Gasteiger partial charge in [0.15, 0.2) is 5.13 Å². The van der Waals surface area contributed by atoms with E-state index in [-0.39, 0.29) is 16.4 Å². The number of benzene rings is 1. The SMILES string of the molecule is CCCNc1nc(N)c(C(=O)Nc2ccc(Br)cc2F)s1. The Morgan fingerprint density at radius 3 is 2.95 bits per heavy atom. The summed E-state index contributed by atoms with van der Waals surface area (Å²) < 4.78 is 14.3. The summed E-state index contributed by atoms with van der Waals surface area (Å²) in [5.74, 6) is -0.866. The lowest BCUT2D eigenvalue weighted by Gasteiger charge is -2.05. The highest BCUT2D eigenvalue weighted by atomic mass is 79.9. The summed E-state index contributed by atoms with van der Waals surface area (Å²) >= 11 is 4.30. The third-order valence-corrected chi connectivity index (χ3v) is 4.09. The Bertz CT molecular complexity index is 662. The Kier molecular flexibility index (Phi) is 5.13. The van der Waals surface area contributed by atoms with Crippen molar-refractivity contribution in [2.24, 2.45) is 0 Å². The molecule has 1 aromatic heterocycles. The molecule has 2 aromatic rings. The first kappa shape index (κ1) is 15.7. The van der Waals surface area contributed by atoms with Gasteiger partial charge in [-0.3, -0.25) is 4.79 Å². The molecule has 0 aliphatic rings. The number of halogens is 2. The quantitative estimate of drug-likeness (QED) is 0.747. The molecule has 1 heterocycles. The molecule has 0 unspecified atom stereocenters. The van der Waals surface area contributed by atoms with Crippen LogP contribution in [-0.4, -0.2) is 17.4 Å². The second kappa shape index (κ2) is 6.86. The number of nitrogens with zero attached hydrogens (tertiary/aromatic N) is 1. The summed E-state index contributed by atoms with van der Waals surface area (Å²) in [6, 6.07) is 4.40. The molecule has 4 N–H and O–H groups in total. The second-order valence-electron chi connectivity index (χ2n) is 4.24. The molecule has 0 radical (unpaired) electrons. The number of amides is 1. The van der Waals surface area contributed by atoms with Crippen LogP contribution in [0.3, 0.4) is 0 Å². The van der Waals surface area contributed by atoms with Crippen molar-refractivity contribution < 1.29 is 9.18 Å². The Balaban J connectivity index is 2.14. The third kappa shape index (κ3) is 3.92. The smallest absolute Gasteiger partial charge is 0.269 e. The number of aromatic nitrogens is 1. The molecule has 2 rings (SSSR count). The monoisotopic (exact) mass is 372 g/mol. The molecule has 0 saturated carbocycles. The van der Waals surface area contributed by atoms with Crippen LogP contribution in [0.25, 0.3) is 0 Å². The van der Waals surface area contributed by atoms with E-state index in [0.29, 0.717) is 9.60 Å². The van der Waals surface area contributed by atoms with Gasteiger partial charge in [0.2, 0.25) is 0 Å². The van der Waals surface area contributed by atoms with Gasteiger partial charge in [0.1, 0.15) is 16.5 Å². The van der Waals surface area contributed by atoms with Crippen LogP contribution in [0, 0.1) is 5.82 Å². The maximum atomic E-state index is 13.7. The van der Waals surface area contributed by atoms with Crippen LogP contribution in [0.5, 0.6) is 0 Å². The van der Waals surface area contributed by atoms with Gasteiger partial charge in [-0.25, -0.2) is 9.37 Å². The van der Waals surface area contributed by atoms with Crippen molar-refractivity contribution >= 4 is 49.8 Å². The number of nitrogens with one attached hydrogen (secondary N) is 2. The molecule has 0 spiro atoms. The van der Waals surface area contributed by atoms with Gasteiger partial charge in [0, 0.05) is 11.0 Å². The molecule has 112 valence electrons. The second-order valence-corrected chi connectivity index (χ2v) is 6.15. The third-order valence-electron chi connectivity index (χ3n) is 2.57. The number of thiazole rings is 1. The topological polar surface area (TPSA) is 80.0 Å². The predicted molar refractivity (Wildman–Crippen MR) is 87.4 cm³/mol. The normalized spacial score (nSPS) is 10.4. The molecular weight excluding hydrogens is 359 g/mol. The summed E-state index contributed by atoms with van der Waals surface area (Å²) in [5, 5.41) is 6.13. The Morgan fingerprint density at radius 1 is 1.52 bits per heavy atom. The van der Waals surface area contributed by atoms with Crippen LogP contribution < -0.4 is 16.4 Å². The summed E-state index contributed by atoms with van der Waals surface area (Å²) in [4.78, 5) is 16.5. The van der Waals surface area contributed by atoms with Crippen molar-refractivity contribution in [1.82, 2.24) is 4.98 Å². The number of nitrogen functional groups attached to an aromatic ring is 1. The summed E-state index contributed by atoms with van der Waals surface area (Å²) in [7, 11) is 0. The van der Waals surface area contributed by atoms with Gasteiger partial charge in [-0.15, -0.1) is 0 Å². The van der Waals surface area contributed by atoms with E-state index in [1.807, 2.05) is 6.92 Å². The molecule has 5 nitrogen and oxygen atoms in total. The van der Waals surface area contributed by atoms with Gasteiger partial charge >= 0.3 is 0 Å². The van der Waals surface area contributed by atoms with Crippen molar-refractivity contribution in [2.75, 3.05) is 22.9 Å². The van der Waals surface area contributed by atoms with E-state index >= 15 is 0 Å². The van der Waals surface area contributed by atoms with Gasteiger partial charge in [-0.05, 0) is 24.6 Å². The number of hydrogen-bond acceptors (Lipinski definition) is 5. The average molecular weight is 373 g/mol. The number of hydrogen-bond donors (Lipinski definition) is 3. The van der Waals surface area contributed by atoms with Crippen molar-refractivity contribution in [3.63, 3.8) is 0 Å². The van der Waals surface area contributed by atoms with E-state index < -0.39 is 11.7 Å². The highest BCUT2D eigenvalue weighted by Crippen LogP contribution is 2.27. The van der Waals surface area contributed by atoms with Crippen LogP contribution in [0.4, 0.5) is 21.0 Å². The van der Waals surface area contributed by atoms with E-state index in [0.717, 1.165) is 24.3 Å². The molecule has 8 heteroatoms. The average Bonchev–Trinajstić information content (AvgIpc) is 2.81. The zero-order valence-electron chi connectivity index (χ0n) is 11.2. The molecule has 0 aliphatic carbocycles. The van der Waals surface area contributed by atoms with Crippen LogP contribution in [-0.2, 0) is 0 Å². The number of rotatable bonds is 5. The van der Waals surface area contributed by atoms with Gasteiger partial charge in [0.05, 0.1) is 5.69 Å². The van der Waals surface area contributed by atoms with Gasteiger partial charge < -0.3 is 16.4 Å². The van der Waals surface area contributed by atoms with E-state index in [2.05, 4.69) is 31.5 Å². The molecule has 0 bridgehead atoms. The number of carbonyl (C=O) groups is 1. The molecule has 1 amide bonds. The fraction of sp³-hybridized carbons (Fsp3) is 0.231. The van der Waals surface area contributed by atoms with Crippen molar-refractivity contribution in [3.05, 3.63) is 33.4 Å². The Morgan fingerprint density at radius 2 is 2.29 bits per heavy atom. The predicted octanol–water partition coefficient (Wildman–Crippen LogP) is 3.70. The molecule has 0 aliphatic heterocycles. The zero-order chi connectivity index (χ0) is 15.4. The lowest BCUT2D eigenvalue weighted by Crippen LogP contribution is -2.13. The minimum absolute atomic E-state index is 0.0964. The van der Waals surface area contributed by atoms with Gasteiger partial charge in [0.25, 0.3) is 5.91 Å². The van der Waals surface area contributed by atoms with E-state index in [1.165, 1.54) is 12.1 Å². The maximum absolute atomic E-state index is 13.7. The Labute approximate surface area is 133 Å². The molecule has 21 heavy (non-hydrogen) atoms. The fourth-order valence-electron chi connectivity index (χ4n) is 1.57. The van der Waals surface area contributed by atoms with Crippen molar-refractivity contribution in [3.8, 4) is 0 Å².